The van der Waals surface area contributed by atoms with E-state index in [9.17, 15) is 19.5 Å². The zero-order valence-electron chi connectivity index (χ0n) is 32.6. The monoisotopic (exact) mass is 789 g/mol. The van der Waals surface area contributed by atoms with E-state index in [2.05, 4.69) is 37.3 Å². The Morgan fingerprint density at radius 1 is 0.966 bits per heavy atom. The van der Waals surface area contributed by atoms with Crippen LogP contribution in [0.15, 0.2) is 59.7 Å². The lowest BCUT2D eigenvalue weighted by atomic mass is 9.95. The molecule has 302 valence electrons. The van der Waals surface area contributed by atoms with Crippen LogP contribution in [0.3, 0.4) is 0 Å². The summed E-state index contributed by atoms with van der Waals surface area (Å²) in [6.07, 6.45) is 8.38. The highest BCUT2D eigenvalue weighted by Crippen LogP contribution is 2.39. The predicted molar refractivity (Wildman–Crippen MR) is 217 cm³/mol. The molecule has 3 amide bonds. The molecule has 0 spiro atoms. The minimum Gasteiger partial charge on any atom is -0.508 e. The number of anilines is 1. The summed E-state index contributed by atoms with van der Waals surface area (Å²) in [4.78, 5) is 57.4. The number of aromatic nitrogens is 4. The quantitative estimate of drug-likeness (QED) is 0.172. The number of ether oxygens (including phenoxy) is 1. The summed E-state index contributed by atoms with van der Waals surface area (Å²) in [7, 11) is 0. The molecule has 2 atom stereocenters. The molecule has 7 heterocycles. The number of benzene rings is 2. The van der Waals surface area contributed by atoms with E-state index in [-0.39, 0.29) is 47.4 Å². The second-order valence-electron chi connectivity index (χ2n) is 16.1. The molecule has 5 aromatic rings. The summed E-state index contributed by atoms with van der Waals surface area (Å²) < 4.78 is 24.9. The number of piperazine rings is 1. The number of carbonyl (C=O) groups is 2. The van der Waals surface area contributed by atoms with Crippen LogP contribution in [0.2, 0.25) is 0 Å². The number of nitrogens with zero attached hydrogens (tertiary/aromatic N) is 7. The van der Waals surface area contributed by atoms with Crippen molar-refractivity contribution < 1.29 is 23.8 Å². The average Bonchev–Trinajstić information content (AvgIpc) is 3.56. The summed E-state index contributed by atoms with van der Waals surface area (Å²) in [5.74, 6) is 0.0760. The molecule has 2 unspecified atom stereocenters. The van der Waals surface area contributed by atoms with Crippen molar-refractivity contribution in [2.45, 2.75) is 70.6 Å². The van der Waals surface area contributed by atoms with Gasteiger partial charge >= 0.3 is 12.0 Å². The molecule has 4 saturated heterocycles. The molecule has 14 nitrogen and oxygen atoms in total. The SMILES string of the molecule is CCc1cccc2cc(O)cc(-c3ncc4c(N5CC6CCC(C5)N6)nc(OCCN5CCC(Cn6cccc(CN7CCC(=O)NC7=O)c6=O)CC5)nc4c3F)c12. The number of urea groups is 1. The van der Waals surface area contributed by atoms with Crippen molar-refractivity contribution in [1.82, 2.24) is 40.0 Å². The Balaban J connectivity index is 0.902. The Hall–Kier alpha value is -5.67. The molecule has 2 bridgehead atoms. The van der Waals surface area contributed by atoms with Crippen molar-refractivity contribution in [2.24, 2.45) is 5.92 Å². The lowest BCUT2D eigenvalue weighted by Crippen LogP contribution is -2.51. The number of aryl methyl sites for hydroxylation is 1. The second-order valence-corrected chi connectivity index (χ2v) is 16.1. The molecular formula is C43H48FN9O5. The molecule has 4 aliphatic rings. The van der Waals surface area contributed by atoms with E-state index in [1.54, 1.807) is 35.2 Å². The van der Waals surface area contributed by atoms with Crippen LogP contribution < -0.4 is 25.8 Å². The zero-order chi connectivity index (χ0) is 39.9. The fraction of sp³-hybridized carbons (Fsp3) is 0.442. The highest BCUT2D eigenvalue weighted by Gasteiger charge is 2.34. The van der Waals surface area contributed by atoms with Crippen LogP contribution in [0.5, 0.6) is 11.8 Å². The third-order valence-electron chi connectivity index (χ3n) is 12.2. The Morgan fingerprint density at radius 3 is 2.53 bits per heavy atom. The number of rotatable bonds is 11. The second kappa shape index (κ2) is 15.9. The van der Waals surface area contributed by atoms with Crippen LogP contribution in [-0.4, -0.2) is 104 Å². The number of amides is 3. The van der Waals surface area contributed by atoms with Crippen LogP contribution in [0.25, 0.3) is 32.9 Å². The molecule has 3 aromatic heterocycles. The topological polar surface area (TPSA) is 158 Å². The number of likely N-dealkylation sites (tertiary alicyclic amines) is 1. The molecule has 58 heavy (non-hydrogen) atoms. The maximum atomic E-state index is 17.0. The zero-order valence-corrected chi connectivity index (χ0v) is 32.6. The summed E-state index contributed by atoms with van der Waals surface area (Å²) in [5, 5.41) is 18.8. The fourth-order valence-electron chi connectivity index (χ4n) is 9.20. The normalized spacial score (nSPS) is 20.3. The van der Waals surface area contributed by atoms with Gasteiger partial charge in [-0.2, -0.15) is 9.97 Å². The molecule has 3 N–H and O–H groups in total. The number of pyridine rings is 2. The first-order chi connectivity index (χ1) is 28.2. The van der Waals surface area contributed by atoms with E-state index in [4.69, 9.17) is 9.72 Å². The van der Waals surface area contributed by atoms with Crippen LogP contribution in [0.1, 0.15) is 50.2 Å². The van der Waals surface area contributed by atoms with Gasteiger partial charge in [-0.25, -0.2) is 9.18 Å². The van der Waals surface area contributed by atoms with Crippen molar-refractivity contribution >= 4 is 39.4 Å². The number of nitrogens with one attached hydrogen (secondary N) is 2. The van der Waals surface area contributed by atoms with Gasteiger partial charge in [0.05, 0.1) is 11.9 Å². The Kier molecular flexibility index (Phi) is 10.4. The Morgan fingerprint density at radius 2 is 1.76 bits per heavy atom. The molecule has 4 aliphatic heterocycles. The number of hydrogen-bond acceptors (Lipinski definition) is 11. The van der Waals surface area contributed by atoms with Crippen molar-refractivity contribution in [3.63, 3.8) is 0 Å². The van der Waals surface area contributed by atoms with E-state index in [0.29, 0.717) is 66.6 Å². The molecular weight excluding hydrogens is 742 g/mol. The predicted octanol–water partition coefficient (Wildman–Crippen LogP) is 4.59. The Bertz CT molecular complexity index is 2440. The maximum Gasteiger partial charge on any atom is 0.324 e. The van der Waals surface area contributed by atoms with Gasteiger partial charge in [-0.15, -0.1) is 0 Å². The number of piperidine rings is 1. The lowest BCUT2D eigenvalue weighted by Gasteiger charge is -2.34. The van der Waals surface area contributed by atoms with Crippen molar-refractivity contribution in [1.29, 1.82) is 0 Å². The highest BCUT2D eigenvalue weighted by atomic mass is 19.1. The minimum absolute atomic E-state index is 0.0355. The van der Waals surface area contributed by atoms with Crippen LogP contribution in [-0.2, 0) is 24.3 Å². The number of phenolic OH excluding ortho intramolecular Hbond substituents is 1. The van der Waals surface area contributed by atoms with Crippen molar-refractivity contribution in [3.8, 4) is 23.0 Å². The lowest BCUT2D eigenvalue weighted by molar-refractivity contribution is -0.121. The molecule has 0 aliphatic carbocycles. The van der Waals surface area contributed by atoms with Gasteiger partial charge in [0.1, 0.15) is 29.4 Å². The van der Waals surface area contributed by atoms with Gasteiger partial charge in [0.15, 0.2) is 5.82 Å². The third-order valence-corrected chi connectivity index (χ3v) is 12.2. The van der Waals surface area contributed by atoms with Gasteiger partial charge in [-0.1, -0.05) is 31.2 Å². The van der Waals surface area contributed by atoms with Crippen LogP contribution >= 0.6 is 0 Å². The first-order valence-electron chi connectivity index (χ1n) is 20.4. The number of phenols is 1. The summed E-state index contributed by atoms with van der Waals surface area (Å²) in [6.45, 7) is 7.19. The maximum absolute atomic E-state index is 17.0. The van der Waals surface area contributed by atoms with Crippen molar-refractivity contribution in [3.05, 3.63) is 82.2 Å². The van der Waals surface area contributed by atoms with Gasteiger partial charge < -0.3 is 29.5 Å². The smallest absolute Gasteiger partial charge is 0.324 e. The standard InChI is InChI=1S/C43H48FN9O5/c1-2-27-5-3-6-28-19-32(54)20-33(36(27)28)38-37(44)39-34(21-45-38)40(53-24-30-8-9-31(25-53)46-30)49-42(48-39)58-18-17-50-14-10-26(11-15-50)22-51-13-4-7-29(41(51)56)23-52-16-12-35(55)47-43(52)57/h3-7,13,19-21,26,30-31,46,54H,2,8-12,14-18,22-25H2,1H3,(H,47,55,57). The van der Waals surface area contributed by atoms with Gasteiger partial charge in [0.25, 0.3) is 5.56 Å². The largest absolute Gasteiger partial charge is 0.508 e. The third kappa shape index (κ3) is 7.55. The summed E-state index contributed by atoms with van der Waals surface area (Å²) in [6, 6.07) is 13.0. The van der Waals surface area contributed by atoms with E-state index in [0.717, 1.165) is 74.6 Å². The summed E-state index contributed by atoms with van der Waals surface area (Å²) in [5.41, 5.74) is 2.21. The van der Waals surface area contributed by atoms with Gasteiger partial charge in [0, 0.05) is 74.7 Å². The fourth-order valence-corrected chi connectivity index (χ4v) is 9.20. The first-order valence-corrected chi connectivity index (χ1v) is 20.4. The Labute approximate surface area is 335 Å². The van der Waals surface area contributed by atoms with E-state index in [1.807, 2.05) is 24.3 Å². The van der Waals surface area contributed by atoms with Gasteiger partial charge in [-0.3, -0.25) is 24.8 Å². The minimum atomic E-state index is -0.581. The number of hydrogen-bond donors (Lipinski definition) is 3. The summed E-state index contributed by atoms with van der Waals surface area (Å²) >= 11 is 0. The molecule has 0 saturated carbocycles. The molecule has 4 fully saturated rings. The van der Waals surface area contributed by atoms with E-state index in [1.165, 1.54) is 4.90 Å². The average molecular weight is 790 g/mol. The van der Waals surface area contributed by atoms with E-state index < -0.39 is 11.8 Å². The number of imide groups is 1. The molecule has 15 heteroatoms. The number of aromatic hydroxyl groups is 1. The number of halogens is 1. The molecule has 0 radical (unpaired) electrons. The molecule has 2 aromatic carbocycles. The first kappa shape index (κ1) is 37.9. The van der Waals surface area contributed by atoms with Crippen molar-refractivity contribution in [2.75, 3.05) is 50.8 Å². The van der Waals surface area contributed by atoms with Gasteiger partial charge in [-0.05, 0) is 85.6 Å². The highest BCUT2D eigenvalue weighted by molar-refractivity contribution is 6.01. The molecule has 9 rings (SSSR count). The number of carbonyl (C=O) groups excluding carboxylic acids is 2. The van der Waals surface area contributed by atoms with Crippen LogP contribution in [0, 0.1) is 11.7 Å². The number of fused-ring (bicyclic) bond motifs is 4. The van der Waals surface area contributed by atoms with Crippen LogP contribution in [0.4, 0.5) is 15.0 Å². The van der Waals surface area contributed by atoms with Gasteiger partial charge in [0.2, 0.25) is 5.91 Å². The van der Waals surface area contributed by atoms with E-state index >= 15 is 4.39 Å².